The number of hydrogen-bond donors (Lipinski definition) is 1. The van der Waals surface area contributed by atoms with E-state index in [-0.39, 0.29) is 0 Å². The van der Waals surface area contributed by atoms with Gasteiger partial charge in [-0.3, -0.25) is 0 Å². The van der Waals surface area contributed by atoms with Crippen LogP contribution in [0.3, 0.4) is 0 Å². The lowest BCUT2D eigenvalue weighted by atomic mass is 10.0. The summed E-state index contributed by atoms with van der Waals surface area (Å²) in [5.41, 5.74) is 1.20. The Labute approximate surface area is 108 Å². The standard InChI is InChI=1S/C14H20ClNO/c1-2-12-8-13(15)5-6-14(12)17-10-11-4-3-7-16-9-11/h5-6,8,11,16H,2-4,7,9-10H2,1H3/t11-/m1/s1. The summed E-state index contributed by atoms with van der Waals surface area (Å²) in [6.07, 6.45) is 3.48. The maximum absolute atomic E-state index is 5.98. The Balaban J connectivity index is 1.93. The quantitative estimate of drug-likeness (QED) is 0.889. The number of nitrogens with one attached hydrogen (secondary N) is 1. The maximum Gasteiger partial charge on any atom is 0.122 e. The summed E-state index contributed by atoms with van der Waals surface area (Å²) in [6, 6.07) is 5.88. The molecule has 1 fully saturated rings. The van der Waals surface area contributed by atoms with Crippen molar-refractivity contribution in [2.24, 2.45) is 5.92 Å². The zero-order chi connectivity index (χ0) is 12.1. The highest BCUT2D eigenvalue weighted by Crippen LogP contribution is 2.24. The average molecular weight is 254 g/mol. The Morgan fingerprint density at radius 2 is 2.35 bits per heavy atom. The number of rotatable bonds is 4. The van der Waals surface area contributed by atoms with E-state index in [1.165, 1.54) is 18.4 Å². The van der Waals surface area contributed by atoms with Crippen LogP contribution in [0, 0.1) is 5.92 Å². The van der Waals surface area contributed by atoms with E-state index >= 15 is 0 Å². The van der Waals surface area contributed by atoms with Crippen molar-refractivity contribution in [1.29, 1.82) is 0 Å². The van der Waals surface area contributed by atoms with Crippen LogP contribution in [-0.2, 0) is 6.42 Å². The second-order valence-corrected chi connectivity index (χ2v) is 5.07. The van der Waals surface area contributed by atoms with Crippen molar-refractivity contribution in [3.8, 4) is 5.75 Å². The van der Waals surface area contributed by atoms with Gasteiger partial charge in [-0.05, 0) is 49.6 Å². The first-order valence-electron chi connectivity index (χ1n) is 6.41. The van der Waals surface area contributed by atoms with Gasteiger partial charge in [0.05, 0.1) is 6.61 Å². The molecule has 0 aliphatic carbocycles. The number of ether oxygens (including phenoxy) is 1. The van der Waals surface area contributed by atoms with Crippen molar-refractivity contribution in [3.63, 3.8) is 0 Å². The van der Waals surface area contributed by atoms with Crippen LogP contribution in [0.4, 0.5) is 0 Å². The molecule has 2 nitrogen and oxygen atoms in total. The van der Waals surface area contributed by atoms with Crippen LogP contribution < -0.4 is 10.1 Å². The van der Waals surface area contributed by atoms with Crippen LogP contribution in [0.25, 0.3) is 0 Å². The molecule has 0 saturated carbocycles. The fraction of sp³-hybridized carbons (Fsp3) is 0.571. The van der Waals surface area contributed by atoms with Gasteiger partial charge in [-0.25, -0.2) is 0 Å². The summed E-state index contributed by atoms with van der Waals surface area (Å²) in [6.45, 7) is 5.16. The lowest BCUT2D eigenvalue weighted by Crippen LogP contribution is -2.33. The molecule has 1 heterocycles. The summed E-state index contributed by atoms with van der Waals surface area (Å²) < 4.78 is 5.92. The number of piperidine rings is 1. The topological polar surface area (TPSA) is 21.3 Å². The summed E-state index contributed by atoms with van der Waals surface area (Å²) in [5, 5.41) is 4.19. The molecule has 2 rings (SSSR count). The SMILES string of the molecule is CCc1cc(Cl)ccc1OC[C@@H]1CCCNC1. The van der Waals surface area contributed by atoms with E-state index in [4.69, 9.17) is 16.3 Å². The molecule has 0 bridgehead atoms. The smallest absolute Gasteiger partial charge is 0.122 e. The first-order chi connectivity index (χ1) is 8.29. The van der Waals surface area contributed by atoms with E-state index in [1.807, 2.05) is 18.2 Å². The van der Waals surface area contributed by atoms with Crippen LogP contribution in [-0.4, -0.2) is 19.7 Å². The molecule has 3 heteroatoms. The van der Waals surface area contributed by atoms with Crippen LogP contribution in [0.2, 0.25) is 5.02 Å². The molecule has 0 aromatic heterocycles. The van der Waals surface area contributed by atoms with Crippen LogP contribution >= 0.6 is 11.6 Å². The molecular formula is C14H20ClNO. The minimum Gasteiger partial charge on any atom is -0.493 e. The normalized spacial score (nSPS) is 20.2. The van der Waals surface area contributed by atoms with Gasteiger partial charge < -0.3 is 10.1 Å². The molecule has 1 saturated heterocycles. The molecule has 0 radical (unpaired) electrons. The summed E-state index contributed by atoms with van der Waals surface area (Å²) in [7, 11) is 0. The highest BCUT2D eigenvalue weighted by Gasteiger charge is 2.14. The van der Waals surface area contributed by atoms with E-state index in [2.05, 4.69) is 12.2 Å². The Kier molecular flexibility index (Phi) is 4.69. The molecule has 1 aliphatic rings. The fourth-order valence-electron chi connectivity index (χ4n) is 2.24. The predicted molar refractivity (Wildman–Crippen MR) is 71.9 cm³/mol. The van der Waals surface area contributed by atoms with E-state index in [9.17, 15) is 0 Å². The molecule has 1 atom stereocenters. The van der Waals surface area contributed by atoms with Gasteiger partial charge in [0.2, 0.25) is 0 Å². The molecule has 0 unspecified atom stereocenters. The third-order valence-corrected chi connectivity index (χ3v) is 3.51. The molecule has 94 valence electrons. The van der Waals surface area contributed by atoms with E-state index in [0.717, 1.165) is 36.9 Å². The Bertz CT molecular complexity index is 361. The number of halogens is 1. The van der Waals surface area contributed by atoms with Crippen LogP contribution in [0.15, 0.2) is 18.2 Å². The molecular weight excluding hydrogens is 234 g/mol. The lowest BCUT2D eigenvalue weighted by molar-refractivity contribution is 0.217. The van der Waals surface area contributed by atoms with Crippen molar-refractivity contribution in [2.75, 3.05) is 19.7 Å². The first-order valence-corrected chi connectivity index (χ1v) is 6.79. The van der Waals surface area contributed by atoms with Gasteiger partial charge in [-0.2, -0.15) is 0 Å². The van der Waals surface area contributed by atoms with Gasteiger partial charge in [-0.15, -0.1) is 0 Å². The van der Waals surface area contributed by atoms with Gasteiger partial charge >= 0.3 is 0 Å². The summed E-state index contributed by atoms with van der Waals surface area (Å²) >= 11 is 5.98. The molecule has 0 amide bonds. The van der Waals surface area contributed by atoms with E-state index < -0.39 is 0 Å². The predicted octanol–water partition coefficient (Wildman–Crippen LogP) is 3.28. The lowest BCUT2D eigenvalue weighted by Gasteiger charge is -2.23. The highest BCUT2D eigenvalue weighted by atomic mass is 35.5. The fourth-order valence-corrected chi connectivity index (χ4v) is 2.43. The van der Waals surface area contributed by atoms with Gasteiger partial charge in [-0.1, -0.05) is 18.5 Å². The Morgan fingerprint density at radius 3 is 3.06 bits per heavy atom. The molecule has 1 aliphatic heterocycles. The van der Waals surface area contributed by atoms with Crippen molar-refractivity contribution >= 4 is 11.6 Å². The molecule has 0 spiro atoms. The minimum absolute atomic E-state index is 0.643. The summed E-state index contributed by atoms with van der Waals surface area (Å²) in [4.78, 5) is 0. The zero-order valence-corrected chi connectivity index (χ0v) is 11.1. The van der Waals surface area contributed by atoms with Crippen molar-refractivity contribution in [1.82, 2.24) is 5.32 Å². The molecule has 1 aromatic rings. The Hall–Kier alpha value is -0.730. The largest absolute Gasteiger partial charge is 0.493 e. The van der Waals surface area contributed by atoms with Crippen molar-refractivity contribution in [2.45, 2.75) is 26.2 Å². The zero-order valence-electron chi connectivity index (χ0n) is 10.3. The van der Waals surface area contributed by atoms with E-state index in [1.54, 1.807) is 0 Å². The molecule has 17 heavy (non-hydrogen) atoms. The monoisotopic (exact) mass is 253 g/mol. The van der Waals surface area contributed by atoms with Gasteiger partial charge in [0.25, 0.3) is 0 Å². The van der Waals surface area contributed by atoms with Gasteiger partial charge in [0.1, 0.15) is 5.75 Å². The Morgan fingerprint density at radius 1 is 1.47 bits per heavy atom. The maximum atomic E-state index is 5.98. The first kappa shape index (κ1) is 12.7. The van der Waals surface area contributed by atoms with Crippen molar-refractivity contribution < 1.29 is 4.74 Å². The minimum atomic E-state index is 0.643. The van der Waals surface area contributed by atoms with E-state index in [0.29, 0.717) is 5.92 Å². The highest BCUT2D eigenvalue weighted by molar-refractivity contribution is 6.30. The van der Waals surface area contributed by atoms with Crippen LogP contribution in [0.1, 0.15) is 25.3 Å². The van der Waals surface area contributed by atoms with Crippen LogP contribution in [0.5, 0.6) is 5.75 Å². The average Bonchev–Trinajstić information content (AvgIpc) is 2.38. The third-order valence-electron chi connectivity index (χ3n) is 3.28. The van der Waals surface area contributed by atoms with Gasteiger partial charge in [0, 0.05) is 17.5 Å². The third kappa shape index (κ3) is 3.62. The second kappa shape index (κ2) is 6.27. The number of aryl methyl sites for hydroxylation is 1. The van der Waals surface area contributed by atoms with Crippen molar-refractivity contribution in [3.05, 3.63) is 28.8 Å². The number of hydrogen-bond acceptors (Lipinski definition) is 2. The molecule has 1 aromatic carbocycles. The second-order valence-electron chi connectivity index (χ2n) is 4.63. The van der Waals surface area contributed by atoms with Gasteiger partial charge in [0.15, 0.2) is 0 Å². The molecule has 1 N–H and O–H groups in total. The summed E-state index contributed by atoms with van der Waals surface area (Å²) in [5.74, 6) is 1.63. The number of benzene rings is 1.